The number of hydrogen-bond acceptors (Lipinski definition) is 13. The van der Waals surface area contributed by atoms with Crippen molar-refractivity contribution in [2.75, 3.05) is 19.6 Å². The van der Waals surface area contributed by atoms with E-state index < -0.39 is 0 Å². The van der Waals surface area contributed by atoms with Gasteiger partial charge in [0.05, 0.1) is 11.7 Å². The van der Waals surface area contributed by atoms with E-state index in [-0.39, 0.29) is 6.04 Å². The van der Waals surface area contributed by atoms with Gasteiger partial charge in [-0.05, 0) is 129 Å². The zero-order chi connectivity index (χ0) is 94.5. The topological polar surface area (TPSA) is 77.4 Å². The summed E-state index contributed by atoms with van der Waals surface area (Å²) in [6, 6.07) is 192. The highest BCUT2D eigenvalue weighted by Gasteiger charge is 2.32. The summed E-state index contributed by atoms with van der Waals surface area (Å²) in [6.07, 6.45) is 1.93. The maximum atomic E-state index is 5.25. The predicted octanol–water partition coefficient (Wildman–Crippen LogP) is 36.6. The van der Waals surface area contributed by atoms with Crippen molar-refractivity contribution in [1.82, 2.24) is 24.9 Å². The third kappa shape index (κ3) is 20.5. The number of fused-ring (bicyclic) bond motifs is 2. The molecule has 13 heteroatoms. The van der Waals surface area contributed by atoms with E-state index in [2.05, 4.69) is 517 Å². The Hall–Kier alpha value is -17.4. The minimum atomic E-state index is -0.0312. The minimum absolute atomic E-state index is 0.0312. The molecule has 0 atom stereocenters. The molecule has 141 heavy (non-hydrogen) atoms. The first kappa shape index (κ1) is 90.1. The molecule has 0 unspecified atom stereocenters. The quantitative estimate of drug-likeness (QED) is 0.0622. The molecule has 0 saturated carbocycles. The Bertz CT molecular complexity index is 7940. The number of nitrogens with zero attached hydrogens (tertiary/aromatic N) is 9. The zero-order valence-electron chi connectivity index (χ0n) is 76.9. The lowest BCUT2D eigenvalue weighted by Crippen LogP contribution is -2.24. The molecule has 0 fully saturated rings. The van der Waals surface area contributed by atoms with Crippen LogP contribution in [0, 0.1) is 0 Å². The summed E-state index contributed by atoms with van der Waals surface area (Å²) >= 11 is 6.87. The number of benzene rings is 19. The van der Waals surface area contributed by atoms with Gasteiger partial charge in [-0.2, -0.15) is 0 Å². The van der Waals surface area contributed by atoms with Crippen LogP contribution in [0.2, 0.25) is 0 Å². The number of aromatic nitrogens is 5. The van der Waals surface area contributed by atoms with Gasteiger partial charge in [0.25, 0.3) is 0 Å². The van der Waals surface area contributed by atoms with Crippen LogP contribution in [-0.4, -0.2) is 24.9 Å². The Morgan fingerprint density at radius 2 is 0.440 bits per heavy atom. The van der Waals surface area contributed by atoms with E-state index in [1.54, 1.807) is 45.3 Å². The van der Waals surface area contributed by atoms with Crippen molar-refractivity contribution < 1.29 is 0 Å². The summed E-state index contributed by atoms with van der Waals surface area (Å²) in [5.74, 6) is 0. The number of pyridine rings is 1. The van der Waals surface area contributed by atoms with E-state index >= 15 is 0 Å². The highest BCUT2D eigenvalue weighted by atomic mass is 32.1. The number of thiazole rings is 4. The molecule has 5 aromatic heterocycles. The van der Waals surface area contributed by atoms with E-state index in [4.69, 9.17) is 24.9 Å². The molecule has 0 bridgehead atoms. The normalized spacial score (nSPS) is 10.9. The largest absolute Gasteiger partial charge is 0.320 e. The number of para-hydroxylation sites is 7. The lowest BCUT2D eigenvalue weighted by Gasteiger charge is -2.34. The molecule has 0 N–H and O–H groups in total. The zero-order valence-corrected chi connectivity index (χ0v) is 80.1. The van der Waals surface area contributed by atoms with E-state index in [0.29, 0.717) is 0 Å². The van der Waals surface area contributed by atoms with Gasteiger partial charge in [0.15, 0.2) is 0 Å². The van der Waals surface area contributed by atoms with Gasteiger partial charge in [0.2, 0.25) is 0 Å². The molecule has 0 saturated heterocycles. The Morgan fingerprint density at radius 3 is 0.816 bits per heavy atom. The molecule has 24 aromatic rings. The van der Waals surface area contributed by atoms with Gasteiger partial charge in [0.1, 0.15) is 62.8 Å². The van der Waals surface area contributed by atoms with Crippen molar-refractivity contribution in [3.05, 3.63) is 569 Å². The summed E-state index contributed by atoms with van der Waals surface area (Å²) in [5.41, 5.74) is 25.1. The van der Waals surface area contributed by atoms with Crippen molar-refractivity contribution in [3.8, 4) is 98.6 Å². The van der Waals surface area contributed by atoms with Crippen LogP contribution in [0.25, 0.3) is 120 Å². The van der Waals surface area contributed by atoms with Gasteiger partial charge >= 0.3 is 0 Å². The minimum Gasteiger partial charge on any atom is -0.320 e. The van der Waals surface area contributed by atoms with Crippen LogP contribution in [0.4, 0.5) is 59.8 Å². The summed E-state index contributed by atoms with van der Waals surface area (Å²) in [4.78, 5) is 35.1. The van der Waals surface area contributed by atoms with Crippen molar-refractivity contribution in [2.45, 2.75) is 6.04 Å². The Morgan fingerprint density at radius 1 is 0.177 bits per heavy atom. The molecule has 5 heterocycles. The first-order valence-electron chi connectivity index (χ1n) is 47.0. The van der Waals surface area contributed by atoms with E-state index in [9.17, 15) is 0 Å². The first-order valence-corrected chi connectivity index (χ1v) is 50.2. The summed E-state index contributed by atoms with van der Waals surface area (Å²) in [5, 5.41) is 13.2. The third-order valence-corrected chi connectivity index (χ3v) is 28.5. The average Bonchev–Trinajstić information content (AvgIpc) is 1.72. The lowest BCUT2D eigenvalue weighted by atomic mass is 9.96. The van der Waals surface area contributed by atoms with Crippen molar-refractivity contribution >= 4 is 127 Å². The highest BCUT2D eigenvalue weighted by Crippen LogP contribution is 2.54. The fourth-order valence-corrected chi connectivity index (χ4v) is 22.1. The fourth-order valence-electron chi connectivity index (χ4n) is 17.5. The van der Waals surface area contributed by atoms with Crippen LogP contribution in [0.1, 0.15) is 17.2 Å². The average molecular weight is 1890 g/mol. The highest BCUT2D eigenvalue weighted by molar-refractivity contribution is 7.21. The second kappa shape index (κ2) is 43.7. The Kier molecular flexibility index (Phi) is 27.9. The smallest absolute Gasteiger partial charge is 0.144 e. The monoisotopic (exact) mass is 1880 g/mol. The molecule has 9 nitrogen and oxygen atoms in total. The van der Waals surface area contributed by atoms with Gasteiger partial charge < -0.3 is 19.6 Å². The van der Waals surface area contributed by atoms with Gasteiger partial charge in [-0.1, -0.05) is 506 Å². The first-order chi connectivity index (χ1) is 70.0. The molecule has 0 aliphatic carbocycles. The second-order valence-electron chi connectivity index (χ2n) is 33.3. The maximum Gasteiger partial charge on any atom is 0.144 e. The number of anilines is 11. The van der Waals surface area contributed by atoms with Gasteiger partial charge in [-0.15, -0.1) is 0 Å². The molecule has 0 aliphatic heterocycles. The molecule has 0 amide bonds. The Balaban J connectivity index is 0.000000111. The number of rotatable bonds is 23. The Labute approximate surface area is 838 Å². The standard InChI is InChI=1S/C34H26N2S.C32H23N3S.2C31H22N2S/c1-6-16-26(17-7-1)31-34(37-33(35-31)29-22-12-4-13-23-29)36(30-24-14-5-15-25-30)32(27-18-8-2-9-19-27)28-20-10-3-11-21-28;1-5-13-24(14-6-1)26-21-22-29(33-23-26)31-34-30(25-15-7-2-8-16-25)32(36-31)35(27-17-9-3-10-18-27)28-19-11-4-12-20-28;1-4-14-24(15-5-1)30-32-29(28-22-12-16-23-13-10-11-21-27(23)28)31(34-30)33(25-17-6-2-7-18-25)26-19-8-3-9-20-26;1-4-14-24(15-5-1)29-31(33(25-17-6-2-7-18-25)26-19-8-3-9-20-26)34-30(32-29)28-22-12-16-23-13-10-11-21-27(23)28/h1-25,32H;1-23H;2*1-22H. The summed E-state index contributed by atoms with van der Waals surface area (Å²) in [7, 11) is 0. The van der Waals surface area contributed by atoms with Crippen LogP contribution in [0.3, 0.4) is 0 Å². The van der Waals surface area contributed by atoms with Crippen molar-refractivity contribution in [2.24, 2.45) is 0 Å². The molecular formula is C128H93N9S4. The fraction of sp³-hybridized carbons (Fsp3) is 0.00781. The molecule has 19 aromatic carbocycles. The molecule has 0 spiro atoms. The molecule has 24 rings (SSSR count). The third-order valence-electron chi connectivity index (χ3n) is 24.2. The van der Waals surface area contributed by atoms with Crippen LogP contribution < -0.4 is 19.6 Å². The van der Waals surface area contributed by atoms with Crippen LogP contribution >= 0.6 is 45.3 Å². The lowest BCUT2D eigenvalue weighted by molar-refractivity contribution is 0.826. The SMILES string of the molecule is c1ccc(-c2ccc(-c3nc(-c4ccccc4)c(N(c4ccccc4)c4ccccc4)s3)nc2)cc1.c1ccc(-c2nc(-c3cccc4ccccc34)c(N(c3ccccc3)c3ccccc3)s2)cc1.c1ccc(-c2nc(-c3cccc4ccccc34)sc2N(c2ccccc2)c2ccccc2)cc1.c1ccc(-c2nc(-c3ccccc3)c(N(c3ccccc3)C(c3ccccc3)c3ccccc3)s2)cc1. The molecule has 674 valence electrons. The number of hydrogen-bond donors (Lipinski definition) is 0. The summed E-state index contributed by atoms with van der Waals surface area (Å²) in [6.45, 7) is 0. The molecule has 0 radical (unpaired) electrons. The van der Waals surface area contributed by atoms with Crippen LogP contribution in [-0.2, 0) is 0 Å². The van der Waals surface area contributed by atoms with Crippen molar-refractivity contribution in [3.63, 3.8) is 0 Å². The van der Waals surface area contributed by atoms with Gasteiger partial charge in [0, 0.05) is 90.5 Å². The van der Waals surface area contributed by atoms with E-state index in [1.165, 1.54) is 32.7 Å². The predicted molar refractivity (Wildman–Crippen MR) is 598 cm³/mol. The van der Waals surface area contributed by atoms with Crippen LogP contribution in [0.5, 0.6) is 0 Å². The van der Waals surface area contributed by atoms with E-state index in [1.807, 2.05) is 60.8 Å². The van der Waals surface area contributed by atoms with Crippen molar-refractivity contribution in [1.29, 1.82) is 0 Å². The second-order valence-corrected chi connectivity index (χ2v) is 37.2. The molecule has 0 aliphatic rings. The van der Waals surface area contributed by atoms with Gasteiger partial charge in [-0.25, -0.2) is 19.9 Å². The summed E-state index contributed by atoms with van der Waals surface area (Å²) < 4.78 is 0. The van der Waals surface area contributed by atoms with E-state index in [0.717, 1.165) is 158 Å². The maximum absolute atomic E-state index is 5.25. The van der Waals surface area contributed by atoms with Gasteiger partial charge in [-0.3, -0.25) is 4.98 Å². The molecular weight excluding hydrogens is 1790 g/mol. The van der Waals surface area contributed by atoms with Crippen LogP contribution in [0.15, 0.2) is 558 Å².